The zero-order valence-electron chi connectivity index (χ0n) is 11.8. The highest BCUT2D eigenvalue weighted by Crippen LogP contribution is 2.11. The van der Waals surface area contributed by atoms with Gasteiger partial charge in [-0.15, -0.1) is 0 Å². The van der Waals surface area contributed by atoms with Crippen LogP contribution in [0, 0.1) is 5.92 Å². The van der Waals surface area contributed by atoms with E-state index in [0.717, 1.165) is 12.4 Å². The fourth-order valence-corrected chi connectivity index (χ4v) is 1.67. The summed E-state index contributed by atoms with van der Waals surface area (Å²) < 4.78 is 0. The van der Waals surface area contributed by atoms with E-state index in [9.17, 15) is 4.79 Å². The average molecular weight is 269 g/mol. The summed E-state index contributed by atoms with van der Waals surface area (Å²) in [7, 11) is 0. The lowest BCUT2D eigenvalue weighted by Gasteiger charge is -2.09. The number of hydrogen-bond donors (Lipinski definition) is 2. The third-order valence-corrected chi connectivity index (χ3v) is 2.75. The van der Waals surface area contributed by atoms with Crippen LogP contribution >= 0.6 is 0 Å². The summed E-state index contributed by atoms with van der Waals surface area (Å²) in [5.41, 5.74) is 1.32. The van der Waals surface area contributed by atoms with Crippen LogP contribution in [0.25, 0.3) is 0 Å². The summed E-state index contributed by atoms with van der Waals surface area (Å²) in [4.78, 5) is 16.2. The molecular weight excluding hydrogens is 250 g/mol. The lowest BCUT2D eigenvalue weighted by Crippen LogP contribution is -2.12. The predicted molar refractivity (Wildman–Crippen MR) is 82.0 cm³/mol. The summed E-state index contributed by atoms with van der Waals surface area (Å²) >= 11 is 0. The molecule has 0 aliphatic rings. The smallest absolute Gasteiger partial charge is 0.255 e. The largest absolute Gasteiger partial charge is 0.370 e. The number of pyridine rings is 1. The Morgan fingerprint density at radius 3 is 2.50 bits per heavy atom. The van der Waals surface area contributed by atoms with E-state index in [2.05, 4.69) is 29.5 Å². The second kappa shape index (κ2) is 6.70. The minimum Gasteiger partial charge on any atom is -0.370 e. The van der Waals surface area contributed by atoms with Gasteiger partial charge in [0.25, 0.3) is 5.91 Å². The highest BCUT2D eigenvalue weighted by atomic mass is 16.1. The van der Waals surface area contributed by atoms with Gasteiger partial charge in [-0.05, 0) is 30.2 Å². The monoisotopic (exact) mass is 269 g/mol. The molecule has 0 radical (unpaired) electrons. The molecule has 1 aromatic heterocycles. The van der Waals surface area contributed by atoms with Crippen LogP contribution in [-0.2, 0) is 0 Å². The van der Waals surface area contributed by atoms with Crippen LogP contribution in [0.2, 0.25) is 0 Å². The number of hydrogen-bond acceptors (Lipinski definition) is 3. The molecule has 4 heteroatoms. The molecule has 1 heterocycles. The van der Waals surface area contributed by atoms with Gasteiger partial charge >= 0.3 is 0 Å². The Morgan fingerprint density at radius 1 is 1.15 bits per heavy atom. The van der Waals surface area contributed by atoms with Crippen LogP contribution in [0.1, 0.15) is 24.2 Å². The summed E-state index contributed by atoms with van der Waals surface area (Å²) in [6.45, 7) is 5.16. The maximum Gasteiger partial charge on any atom is 0.255 e. The molecular formula is C16H19N3O. The first-order chi connectivity index (χ1) is 9.65. The third-order valence-electron chi connectivity index (χ3n) is 2.75. The van der Waals surface area contributed by atoms with Gasteiger partial charge in [0, 0.05) is 12.1 Å². The molecule has 0 unspecified atom stereocenters. The minimum atomic E-state index is -0.129. The van der Waals surface area contributed by atoms with Gasteiger partial charge in [0.15, 0.2) is 0 Å². The van der Waals surface area contributed by atoms with Crippen LogP contribution in [0.4, 0.5) is 11.5 Å². The van der Waals surface area contributed by atoms with Gasteiger partial charge in [-0.2, -0.15) is 0 Å². The van der Waals surface area contributed by atoms with Gasteiger partial charge in [0.2, 0.25) is 0 Å². The molecule has 0 fully saturated rings. The topological polar surface area (TPSA) is 54.0 Å². The van der Waals surface area contributed by atoms with Crippen LogP contribution in [0.3, 0.4) is 0 Å². The number of benzene rings is 1. The normalized spacial score (nSPS) is 10.3. The van der Waals surface area contributed by atoms with Crippen molar-refractivity contribution in [3.8, 4) is 0 Å². The molecule has 2 rings (SSSR count). The van der Waals surface area contributed by atoms with E-state index in [1.54, 1.807) is 18.3 Å². The van der Waals surface area contributed by atoms with Gasteiger partial charge in [-0.1, -0.05) is 32.0 Å². The number of nitrogens with zero attached hydrogens (tertiary/aromatic N) is 1. The number of anilines is 2. The number of carbonyl (C=O) groups excluding carboxylic acids is 1. The zero-order valence-corrected chi connectivity index (χ0v) is 11.8. The average Bonchev–Trinajstić information content (AvgIpc) is 2.47. The van der Waals surface area contributed by atoms with Crippen molar-refractivity contribution in [1.29, 1.82) is 0 Å². The minimum absolute atomic E-state index is 0.129. The molecule has 2 N–H and O–H groups in total. The fourth-order valence-electron chi connectivity index (χ4n) is 1.67. The van der Waals surface area contributed by atoms with Crippen molar-refractivity contribution < 1.29 is 4.79 Å². The quantitative estimate of drug-likeness (QED) is 0.874. The number of carbonyl (C=O) groups is 1. The summed E-state index contributed by atoms with van der Waals surface area (Å²) in [6, 6.07) is 12.8. The molecule has 0 saturated carbocycles. The Bertz CT molecular complexity index is 550. The molecule has 0 saturated heterocycles. The number of rotatable bonds is 5. The van der Waals surface area contributed by atoms with E-state index in [0.29, 0.717) is 17.2 Å². The lowest BCUT2D eigenvalue weighted by molar-refractivity contribution is 0.102. The van der Waals surface area contributed by atoms with Crippen molar-refractivity contribution in [2.24, 2.45) is 5.92 Å². The van der Waals surface area contributed by atoms with Gasteiger partial charge in [-0.3, -0.25) is 4.79 Å². The highest BCUT2D eigenvalue weighted by molar-refractivity contribution is 6.04. The van der Waals surface area contributed by atoms with Crippen molar-refractivity contribution in [3.05, 3.63) is 54.2 Å². The maximum absolute atomic E-state index is 12.0. The maximum atomic E-state index is 12.0. The first-order valence-corrected chi connectivity index (χ1v) is 6.71. The summed E-state index contributed by atoms with van der Waals surface area (Å²) in [5, 5.41) is 6.05. The van der Waals surface area contributed by atoms with Crippen molar-refractivity contribution in [1.82, 2.24) is 4.98 Å². The van der Waals surface area contributed by atoms with Crippen molar-refractivity contribution in [2.75, 3.05) is 17.2 Å². The Kier molecular flexibility index (Phi) is 4.71. The molecule has 4 nitrogen and oxygen atoms in total. The molecule has 104 valence electrons. The SMILES string of the molecule is CC(C)CNc1ccc(NC(=O)c2ccccc2)cn1. The van der Waals surface area contributed by atoms with Gasteiger partial charge in [0.1, 0.15) is 5.82 Å². The fraction of sp³-hybridized carbons (Fsp3) is 0.250. The second-order valence-corrected chi connectivity index (χ2v) is 5.03. The Balaban J connectivity index is 1.95. The van der Waals surface area contributed by atoms with Crippen molar-refractivity contribution in [3.63, 3.8) is 0 Å². The van der Waals surface area contributed by atoms with E-state index in [4.69, 9.17) is 0 Å². The Labute approximate surface area is 119 Å². The van der Waals surface area contributed by atoms with Crippen LogP contribution in [0.5, 0.6) is 0 Å². The van der Waals surface area contributed by atoms with Crippen LogP contribution in [-0.4, -0.2) is 17.4 Å². The van der Waals surface area contributed by atoms with Gasteiger partial charge < -0.3 is 10.6 Å². The molecule has 2 aromatic rings. The van der Waals surface area contributed by atoms with E-state index >= 15 is 0 Å². The Hall–Kier alpha value is -2.36. The first-order valence-electron chi connectivity index (χ1n) is 6.71. The molecule has 20 heavy (non-hydrogen) atoms. The second-order valence-electron chi connectivity index (χ2n) is 5.03. The third kappa shape index (κ3) is 4.09. The molecule has 0 spiro atoms. The van der Waals surface area contributed by atoms with E-state index in [1.807, 2.05) is 30.3 Å². The van der Waals surface area contributed by atoms with Crippen LogP contribution in [0.15, 0.2) is 48.7 Å². The molecule has 0 bridgehead atoms. The van der Waals surface area contributed by atoms with E-state index in [1.165, 1.54) is 0 Å². The van der Waals surface area contributed by atoms with E-state index in [-0.39, 0.29) is 5.91 Å². The molecule has 1 aromatic carbocycles. The standard InChI is InChI=1S/C16H19N3O/c1-12(2)10-17-15-9-8-14(11-18-15)19-16(20)13-6-4-3-5-7-13/h3-9,11-12H,10H2,1-2H3,(H,17,18)(H,19,20). The highest BCUT2D eigenvalue weighted by Gasteiger charge is 2.05. The number of nitrogens with one attached hydrogen (secondary N) is 2. The summed E-state index contributed by atoms with van der Waals surface area (Å²) in [6.07, 6.45) is 1.66. The summed E-state index contributed by atoms with van der Waals surface area (Å²) in [5.74, 6) is 1.25. The lowest BCUT2D eigenvalue weighted by atomic mass is 10.2. The van der Waals surface area contributed by atoms with Gasteiger partial charge in [0.05, 0.1) is 11.9 Å². The molecule has 0 aliphatic heterocycles. The molecule has 1 amide bonds. The molecule has 0 aliphatic carbocycles. The van der Waals surface area contributed by atoms with Crippen molar-refractivity contribution in [2.45, 2.75) is 13.8 Å². The molecule has 0 atom stereocenters. The zero-order chi connectivity index (χ0) is 14.4. The van der Waals surface area contributed by atoms with Crippen LogP contribution < -0.4 is 10.6 Å². The number of amides is 1. The number of aromatic nitrogens is 1. The van der Waals surface area contributed by atoms with Crippen molar-refractivity contribution >= 4 is 17.4 Å². The van der Waals surface area contributed by atoms with Gasteiger partial charge in [-0.25, -0.2) is 4.98 Å². The first kappa shape index (κ1) is 14.1. The Morgan fingerprint density at radius 2 is 1.90 bits per heavy atom. The predicted octanol–water partition coefficient (Wildman–Crippen LogP) is 3.40. The van der Waals surface area contributed by atoms with E-state index < -0.39 is 0 Å².